The molecule has 2 unspecified atom stereocenters. The van der Waals surface area contributed by atoms with Gasteiger partial charge in [0.2, 0.25) is 5.91 Å². The second kappa shape index (κ2) is 9.35. The van der Waals surface area contributed by atoms with E-state index in [9.17, 15) is 4.79 Å². The van der Waals surface area contributed by atoms with Crippen LogP contribution in [0.1, 0.15) is 60.8 Å². The van der Waals surface area contributed by atoms with E-state index in [0.29, 0.717) is 6.42 Å². The van der Waals surface area contributed by atoms with Crippen molar-refractivity contribution in [3.63, 3.8) is 0 Å². The van der Waals surface area contributed by atoms with Crippen molar-refractivity contribution in [3.05, 3.63) is 0 Å². The van der Waals surface area contributed by atoms with Crippen molar-refractivity contribution in [2.75, 3.05) is 19.6 Å². The van der Waals surface area contributed by atoms with Crippen LogP contribution in [0.2, 0.25) is 0 Å². The molecule has 20 heavy (non-hydrogen) atoms. The van der Waals surface area contributed by atoms with Gasteiger partial charge in [0.1, 0.15) is 0 Å². The van der Waals surface area contributed by atoms with Gasteiger partial charge in [0, 0.05) is 18.5 Å². The fraction of sp³-hybridized carbons (Fsp3) is 0.938. The normalized spacial score (nSPS) is 15.2. The second-order valence-corrected chi connectivity index (χ2v) is 6.81. The summed E-state index contributed by atoms with van der Waals surface area (Å²) >= 11 is 0. The first-order chi connectivity index (χ1) is 9.20. The van der Waals surface area contributed by atoms with Crippen LogP contribution in [0.5, 0.6) is 0 Å². The van der Waals surface area contributed by atoms with Crippen molar-refractivity contribution in [3.8, 4) is 0 Å². The molecule has 0 aromatic carbocycles. The van der Waals surface area contributed by atoms with Gasteiger partial charge in [0.25, 0.3) is 0 Å². The van der Waals surface area contributed by atoms with Crippen molar-refractivity contribution in [2.45, 2.75) is 72.9 Å². The maximum Gasteiger partial charge on any atom is 0.221 e. The summed E-state index contributed by atoms with van der Waals surface area (Å²) in [5.41, 5.74) is 6.01. The van der Waals surface area contributed by atoms with Crippen LogP contribution in [0.3, 0.4) is 0 Å². The lowest BCUT2D eigenvalue weighted by Gasteiger charge is -2.27. The van der Waals surface area contributed by atoms with E-state index in [0.717, 1.165) is 32.5 Å². The molecule has 0 spiro atoms. The molecule has 120 valence electrons. The van der Waals surface area contributed by atoms with Gasteiger partial charge >= 0.3 is 0 Å². The average Bonchev–Trinajstić information content (AvgIpc) is 2.33. The molecule has 4 heteroatoms. The molecular formula is C16H35N3O. The van der Waals surface area contributed by atoms with E-state index >= 15 is 0 Å². The predicted molar refractivity (Wildman–Crippen MR) is 86.7 cm³/mol. The Hall–Kier alpha value is -0.610. The van der Waals surface area contributed by atoms with E-state index in [2.05, 4.69) is 51.8 Å². The zero-order valence-electron chi connectivity index (χ0n) is 14.3. The Bertz CT molecular complexity index is 269. The number of nitrogens with two attached hydrogens (primary N) is 1. The SMILES string of the molecule is CCN(CC)CCCC(C)NC(=O)CC(N)C(C)(C)C. The van der Waals surface area contributed by atoms with Gasteiger partial charge in [-0.1, -0.05) is 34.6 Å². The second-order valence-electron chi connectivity index (χ2n) is 6.81. The number of carbonyl (C=O) groups is 1. The zero-order valence-corrected chi connectivity index (χ0v) is 14.3. The first-order valence-corrected chi connectivity index (χ1v) is 7.98. The minimum atomic E-state index is -0.0922. The summed E-state index contributed by atoms with van der Waals surface area (Å²) in [5.74, 6) is 0.0720. The third kappa shape index (κ3) is 8.54. The summed E-state index contributed by atoms with van der Waals surface area (Å²) in [7, 11) is 0. The summed E-state index contributed by atoms with van der Waals surface area (Å²) in [4.78, 5) is 14.3. The molecule has 0 aliphatic heterocycles. The van der Waals surface area contributed by atoms with E-state index in [4.69, 9.17) is 5.73 Å². The average molecular weight is 285 g/mol. The largest absolute Gasteiger partial charge is 0.354 e. The van der Waals surface area contributed by atoms with Crippen LogP contribution in [0, 0.1) is 5.41 Å². The number of nitrogens with zero attached hydrogens (tertiary/aromatic N) is 1. The van der Waals surface area contributed by atoms with Gasteiger partial charge in [-0.3, -0.25) is 4.79 Å². The van der Waals surface area contributed by atoms with Gasteiger partial charge in [-0.05, 0) is 44.8 Å². The highest BCUT2D eigenvalue weighted by atomic mass is 16.1. The zero-order chi connectivity index (χ0) is 15.8. The molecule has 0 saturated heterocycles. The Balaban J connectivity index is 3.91. The fourth-order valence-electron chi connectivity index (χ4n) is 2.07. The number of hydrogen-bond donors (Lipinski definition) is 2. The van der Waals surface area contributed by atoms with Crippen molar-refractivity contribution >= 4 is 5.91 Å². The summed E-state index contributed by atoms with van der Waals surface area (Å²) in [6.07, 6.45) is 2.55. The first-order valence-electron chi connectivity index (χ1n) is 7.98. The van der Waals surface area contributed by atoms with Gasteiger partial charge in [0.15, 0.2) is 0 Å². The Kier molecular flexibility index (Phi) is 9.06. The highest BCUT2D eigenvalue weighted by molar-refractivity contribution is 5.76. The first kappa shape index (κ1) is 19.4. The van der Waals surface area contributed by atoms with Crippen LogP contribution in [-0.2, 0) is 4.79 Å². The molecule has 4 nitrogen and oxygen atoms in total. The maximum atomic E-state index is 11.9. The molecule has 0 rings (SSSR count). The summed E-state index contributed by atoms with van der Waals surface area (Å²) in [6, 6.07) is 0.135. The molecule has 0 heterocycles. The van der Waals surface area contributed by atoms with Crippen LogP contribution < -0.4 is 11.1 Å². The van der Waals surface area contributed by atoms with Crippen LogP contribution >= 0.6 is 0 Å². The molecule has 2 atom stereocenters. The molecule has 0 saturated carbocycles. The molecule has 0 aromatic rings. The van der Waals surface area contributed by atoms with Crippen LogP contribution in [0.4, 0.5) is 0 Å². The van der Waals surface area contributed by atoms with Crippen LogP contribution in [-0.4, -0.2) is 42.5 Å². The van der Waals surface area contributed by atoms with Gasteiger partial charge in [-0.2, -0.15) is 0 Å². The summed E-state index contributed by atoms with van der Waals surface area (Å²) in [5, 5.41) is 3.06. The van der Waals surface area contributed by atoms with E-state index in [1.165, 1.54) is 0 Å². The van der Waals surface area contributed by atoms with Gasteiger partial charge < -0.3 is 16.0 Å². The summed E-state index contributed by atoms with van der Waals surface area (Å²) in [6.45, 7) is 15.9. The minimum Gasteiger partial charge on any atom is -0.354 e. The Morgan fingerprint density at radius 1 is 1.25 bits per heavy atom. The number of hydrogen-bond acceptors (Lipinski definition) is 3. The van der Waals surface area contributed by atoms with E-state index in [-0.39, 0.29) is 23.4 Å². The third-order valence-corrected chi connectivity index (χ3v) is 3.93. The number of rotatable bonds is 9. The molecule has 0 fully saturated rings. The minimum absolute atomic E-state index is 0.0245. The smallest absolute Gasteiger partial charge is 0.221 e. The van der Waals surface area contributed by atoms with Crippen LogP contribution in [0.25, 0.3) is 0 Å². The molecular weight excluding hydrogens is 250 g/mol. The van der Waals surface area contributed by atoms with Gasteiger partial charge in [0.05, 0.1) is 0 Å². The lowest BCUT2D eigenvalue weighted by Crippen LogP contribution is -2.42. The monoisotopic (exact) mass is 285 g/mol. The third-order valence-electron chi connectivity index (χ3n) is 3.93. The highest BCUT2D eigenvalue weighted by Crippen LogP contribution is 2.19. The standard InChI is InChI=1S/C16H35N3O/c1-7-19(8-2)11-9-10-13(3)18-15(20)12-14(17)16(4,5)6/h13-14H,7-12,17H2,1-6H3,(H,18,20). The number of carbonyl (C=O) groups excluding carboxylic acids is 1. The highest BCUT2D eigenvalue weighted by Gasteiger charge is 2.23. The molecule has 0 radical (unpaired) electrons. The number of amides is 1. The van der Waals surface area contributed by atoms with E-state index < -0.39 is 0 Å². The van der Waals surface area contributed by atoms with Gasteiger partial charge in [-0.15, -0.1) is 0 Å². The molecule has 3 N–H and O–H groups in total. The summed E-state index contributed by atoms with van der Waals surface area (Å²) < 4.78 is 0. The topological polar surface area (TPSA) is 58.4 Å². The lowest BCUT2D eigenvalue weighted by atomic mass is 9.85. The van der Waals surface area contributed by atoms with Gasteiger partial charge in [-0.25, -0.2) is 0 Å². The Morgan fingerprint density at radius 2 is 1.80 bits per heavy atom. The van der Waals surface area contributed by atoms with E-state index in [1.807, 2.05) is 0 Å². The Morgan fingerprint density at radius 3 is 2.25 bits per heavy atom. The molecule has 0 aliphatic rings. The quantitative estimate of drug-likeness (QED) is 0.684. The molecule has 0 bridgehead atoms. The Labute approximate surface area is 125 Å². The predicted octanol–water partition coefficient (Wildman–Crippen LogP) is 2.38. The van der Waals surface area contributed by atoms with Crippen LogP contribution in [0.15, 0.2) is 0 Å². The molecule has 0 aliphatic carbocycles. The van der Waals surface area contributed by atoms with E-state index in [1.54, 1.807) is 0 Å². The maximum absolute atomic E-state index is 11.9. The van der Waals surface area contributed by atoms with Crippen molar-refractivity contribution in [2.24, 2.45) is 11.1 Å². The lowest BCUT2D eigenvalue weighted by molar-refractivity contribution is -0.122. The number of nitrogens with one attached hydrogen (secondary N) is 1. The fourth-order valence-corrected chi connectivity index (χ4v) is 2.07. The molecule has 1 amide bonds. The van der Waals surface area contributed by atoms with Crippen molar-refractivity contribution < 1.29 is 4.79 Å². The van der Waals surface area contributed by atoms with Crippen molar-refractivity contribution in [1.29, 1.82) is 0 Å². The molecule has 0 aromatic heterocycles. The van der Waals surface area contributed by atoms with Crippen molar-refractivity contribution in [1.82, 2.24) is 10.2 Å².